The summed E-state index contributed by atoms with van der Waals surface area (Å²) in [5, 5.41) is 9.31. The molecule has 27 heavy (non-hydrogen) atoms. The first kappa shape index (κ1) is 18.2. The Morgan fingerprint density at radius 2 is 2.07 bits per heavy atom. The van der Waals surface area contributed by atoms with Gasteiger partial charge in [0.15, 0.2) is 0 Å². The number of nitrogens with zero attached hydrogens (tertiary/aromatic N) is 3. The van der Waals surface area contributed by atoms with Crippen LogP contribution in [0.3, 0.4) is 0 Å². The molecule has 0 saturated heterocycles. The van der Waals surface area contributed by atoms with Crippen molar-refractivity contribution in [3.05, 3.63) is 52.8 Å². The van der Waals surface area contributed by atoms with Crippen molar-refractivity contribution in [1.29, 1.82) is 0 Å². The zero-order valence-corrected chi connectivity index (χ0v) is 16.8. The van der Waals surface area contributed by atoms with Gasteiger partial charge < -0.3 is 0 Å². The molecule has 2 aromatic rings. The van der Waals surface area contributed by atoms with Crippen LogP contribution >= 0.6 is 11.6 Å². The molecule has 2 bridgehead atoms. The van der Waals surface area contributed by atoms with Crippen molar-refractivity contribution in [2.24, 2.45) is 21.8 Å². The van der Waals surface area contributed by atoms with Gasteiger partial charge in [-0.1, -0.05) is 44.5 Å². The van der Waals surface area contributed by atoms with Gasteiger partial charge in [0.25, 0.3) is 5.91 Å². The van der Waals surface area contributed by atoms with Crippen LogP contribution in [0, 0.1) is 16.7 Å². The summed E-state index contributed by atoms with van der Waals surface area (Å²) in [6.07, 6.45) is 6.80. The van der Waals surface area contributed by atoms with Crippen LogP contribution in [0.25, 0.3) is 0 Å². The van der Waals surface area contributed by atoms with Gasteiger partial charge in [-0.05, 0) is 48.3 Å². The van der Waals surface area contributed by atoms with E-state index in [2.05, 4.69) is 36.4 Å². The highest BCUT2D eigenvalue weighted by molar-refractivity contribution is 6.30. The first-order valence-electron chi connectivity index (χ1n) is 9.44. The number of halogens is 1. The Balaban J connectivity index is 1.42. The lowest BCUT2D eigenvalue weighted by Gasteiger charge is -2.34. The molecule has 1 amide bonds. The van der Waals surface area contributed by atoms with Gasteiger partial charge in [-0.15, -0.1) is 0 Å². The predicted octanol–water partition coefficient (Wildman–Crippen LogP) is 4.52. The number of benzene rings is 1. The van der Waals surface area contributed by atoms with Crippen LogP contribution in [0.1, 0.15) is 56.0 Å². The number of amides is 1. The molecule has 2 atom stereocenters. The van der Waals surface area contributed by atoms with Crippen LogP contribution in [-0.4, -0.2) is 21.4 Å². The number of hydrogen-bond acceptors (Lipinski definition) is 3. The molecule has 6 heteroatoms. The van der Waals surface area contributed by atoms with E-state index >= 15 is 0 Å². The summed E-state index contributed by atoms with van der Waals surface area (Å²) in [7, 11) is 0. The second-order valence-electron chi connectivity index (χ2n) is 8.55. The molecule has 2 saturated carbocycles. The minimum atomic E-state index is -0.166. The lowest BCUT2D eigenvalue weighted by Crippen LogP contribution is -2.34. The van der Waals surface area contributed by atoms with Gasteiger partial charge in [0.1, 0.15) is 0 Å². The second-order valence-corrected chi connectivity index (χ2v) is 8.98. The SMILES string of the molecule is CC1(C)[C@@H]2CC[C@]1(C)/C(=N/NC(=O)c1ccc(Cn3cc(Cl)cn3)cc1)C2. The number of rotatable bonds is 4. The van der Waals surface area contributed by atoms with E-state index in [1.165, 1.54) is 6.42 Å². The Kier molecular flexibility index (Phi) is 4.38. The fourth-order valence-electron chi connectivity index (χ4n) is 4.65. The van der Waals surface area contributed by atoms with E-state index in [9.17, 15) is 4.79 Å². The lowest BCUT2D eigenvalue weighted by atomic mass is 9.70. The Hall–Kier alpha value is -2.14. The highest BCUT2D eigenvalue weighted by Crippen LogP contribution is 2.63. The number of hydrogen-bond donors (Lipinski definition) is 1. The van der Waals surface area contributed by atoms with E-state index in [0.717, 1.165) is 24.1 Å². The molecule has 1 aromatic heterocycles. The zero-order valence-electron chi connectivity index (χ0n) is 16.0. The second kappa shape index (κ2) is 6.48. The van der Waals surface area contributed by atoms with Crippen LogP contribution in [-0.2, 0) is 6.54 Å². The standard InChI is InChI=1S/C21H25ClN4O/c1-20(2)16-8-9-21(20,3)18(10-16)24-25-19(27)15-6-4-14(5-7-15)12-26-13-17(22)11-23-26/h4-7,11,13,16H,8-10,12H2,1-3H3,(H,25,27)/b24-18+/t16-,21-/m1/s1. The summed E-state index contributed by atoms with van der Waals surface area (Å²) < 4.78 is 1.76. The summed E-state index contributed by atoms with van der Waals surface area (Å²) in [6, 6.07) is 7.50. The maximum absolute atomic E-state index is 12.5. The molecule has 5 nitrogen and oxygen atoms in total. The summed E-state index contributed by atoms with van der Waals surface area (Å²) in [5.74, 6) is 0.508. The van der Waals surface area contributed by atoms with E-state index in [-0.39, 0.29) is 16.7 Å². The normalized spacial score (nSPS) is 27.3. The summed E-state index contributed by atoms with van der Waals surface area (Å²) in [6.45, 7) is 7.58. The molecule has 0 aliphatic heterocycles. The zero-order chi connectivity index (χ0) is 19.2. The fraction of sp³-hybridized carbons (Fsp3) is 0.476. The third-order valence-corrected chi connectivity index (χ3v) is 7.16. The number of fused-ring (bicyclic) bond motifs is 2. The highest BCUT2D eigenvalue weighted by atomic mass is 35.5. The fourth-order valence-corrected chi connectivity index (χ4v) is 4.81. The van der Waals surface area contributed by atoms with Crippen LogP contribution in [0.2, 0.25) is 5.02 Å². The molecule has 4 rings (SSSR count). The molecular weight excluding hydrogens is 360 g/mol. The smallest absolute Gasteiger partial charge is 0.267 e. The number of hydrazone groups is 1. The van der Waals surface area contributed by atoms with Gasteiger partial charge in [0, 0.05) is 22.9 Å². The molecular formula is C21H25ClN4O. The van der Waals surface area contributed by atoms with Crippen molar-refractivity contribution in [1.82, 2.24) is 15.2 Å². The van der Waals surface area contributed by atoms with E-state index in [0.29, 0.717) is 23.0 Å². The quantitative estimate of drug-likeness (QED) is 0.788. The summed E-state index contributed by atoms with van der Waals surface area (Å²) in [5.41, 5.74) is 5.93. The first-order chi connectivity index (χ1) is 12.8. The third-order valence-electron chi connectivity index (χ3n) is 6.97. The highest BCUT2D eigenvalue weighted by Gasteiger charge is 2.60. The molecule has 2 aliphatic rings. The molecule has 2 aliphatic carbocycles. The summed E-state index contributed by atoms with van der Waals surface area (Å²) in [4.78, 5) is 12.5. The van der Waals surface area contributed by atoms with Gasteiger partial charge in [0.2, 0.25) is 0 Å². The maximum Gasteiger partial charge on any atom is 0.271 e. The van der Waals surface area contributed by atoms with Crippen molar-refractivity contribution >= 4 is 23.2 Å². The van der Waals surface area contributed by atoms with Crippen molar-refractivity contribution in [3.63, 3.8) is 0 Å². The molecule has 0 unspecified atom stereocenters. The Morgan fingerprint density at radius 1 is 1.33 bits per heavy atom. The third kappa shape index (κ3) is 3.08. The Labute approximate surface area is 164 Å². The predicted molar refractivity (Wildman–Crippen MR) is 107 cm³/mol. The van der Waals surface area contributed by atoms with Crippen molar-refractivity contribution in [2.75, 3.05) is 0 Å². The minimum Gasteiger partial charge on any atom is -0.267 e. The van der Waals surface area contributed by atoms with Crippen LogP contribution in [0.5, 0.6) is 0 Å². The van der Waals surface area contributed by atoms with E-state index in [1.54, 1.807) is 17.1 Å². The topological polar surface area (TPSA) is 59.3 Å². The van der Waals surface area contributed by atoms with Gasteiger partial charge in [-0.3, -0.25) is 9.48 Å². The van der Waals surface area contributed by atoms with Crippen molar-refractivity contribution in [2.45, 2.75) is 46.6 Å². The monoisotopic (exact) mass is 384 g/mol. The molecule has 1 heterocycles. The first-order valence-corrected chi connectivity index (χ1v) is 9.82. The van der Waals surface area contributed by atoms with Crippen LogP contribution in [0.4, 0.5) is 0 Å². The molecule has 1 N–H and O–H groups in total. The number of carbonyl (C=O) groups is 1. The minimum absolute atomic E-state index is 0.0971. The summed E-state index contributed by atoms with van der Waals surface area (Å²) >= 11 is 5.88. The molecule has 2 fully saturated rings. The number of aromatic nitrogens is 2. The van der Waals surface area contributed by atoms with Gasteiger partial charge in [-0.25, -0.2) is 5.43 Å². The average Bonchev–Trinajstić information content (AvgIpc) is 3.20. The maximum atomic E-state index is 12.5. The molecule has 0 radical (unpaired) electrons. The lowest BCUT2D eigenvalue weighted by molar-refractivity contribution is 0.0954. The van der Waals surface area contributed by atoms with Crippen LogP contribution < -0.4 is 5.43 Å². The number of carbonyl (C=O) groups excluding carboxylic acids is 1. The molecule has 0 spiro atoms. The van der Waals surface area contributed by atoms with Gasteiger partial charge in [0.05, 0.1) is 17.8 Å². The Morgan fingerprint density at radius 3 is 2.63 bits per heavy atom. The van der Waals surface area contributed by atoms with Crippen molar-refractivity contribution < 1.29 is 4.79 Å². The van der Waals surface area contributed by atoms with Gasteiger partial charge in [-0.2, -0.15) is 10.2 Å². The van der Waals surface area contributed by atoms with E-state index < -0.39 is 0 Å². The largest absolute Gasteiger partial charge is 0.271 e. The number of nitrogens with one attached hydrogen (secondary N) is 1. The Bertz CT molecular complexity index is 899. The molecule has 142 valence electrons. The van der Waals surface area contributed by atoms with E-state index in [4.69, 9.17) is 11.6 Å². The molecule has 1 aromatic carbocycles. The van der Waals surface area contributed by atoms with Gasteiger partial charge >= 0.3 is 0 Å². The average molecular weight is 385 g/mol. The van der Waals surface area contributed by atoms with E-state index in [1.807, 2.05) is 24.3 Å². The van der Waals surface area contributed by atoms with Crippen molar-refractivity contribution in [3.8, 4) is 0 Å². The van der Waals surface area contributed by atoms with Crippen LogP contribution in [0.15, 0.2) is 41.8 Å².